The van der Waals surface area contributed by atoms with Gasteiger partial charge in [0, 0.05) is 45.4 Å². The fraction of sp³-hybridized carbons (Fsp3) is 0.267. The second kappa shape index (κ2) is 11.5. The summed E-state index contributed by atoms with van der Waals surface area (Å²) < 4.78 is 17.0. The fourth-order valence-electron chi connectivity index (χ4n) is 4.70. The normalized spacial score (nSPS) is 15.8. The molecule has 0 fully saturated rings. The van der Waals surface area contributed by atoms with E-state index in [0.29, 0.717) is 6.54 Å². The van der Waals surface area contributed by atoms with Crippen molar-refractivity contribution in [3.8, 4) is 11.1 Å². The molecule has 0 saturated heterocycles. The first-order valence-electron chi connectivity index (χ1n) is 12.2. The van der Waals surface area contributed by atoms with Gasteiger partial charge in [0.05, 0.1) is 17.5 Å². The van der Waals surface area contributed by atoms with Gasteiger partial charge >= 0.3 is 5.97 Å². The van der Waals surface area contributed by atoms with E-state index in [2.05, 4.69) is 16.1 Å². The molecule has 5 rings (SSSR count). The van der Waals surface area contributed by atoms with Gasteiger partial charge < -0.3 is 9.67 Å². The maximum absolute atomic E-state index is 14.9. The molecule has 0 aliphatic carbocycles. The van der Waals surface area contributed by atoms with Gasteiger partial charge in [0.1, 0.15) is 5.82 Å². The number of aromatic nitrogens is 2. The van der Waals surface area contributed by atoms with Crippen LogP contribution in [0.25, 0.3) is 32.9 Å². The number of hydrogen-bond acceptors (Lipinski definition) is 3. The Balaban J connectivity index is 0.000000586. The topological polar surface area (TPSA) is 55.1 Å². The Morgan fingerprint density at radius 1 is 1.35 bits per heavy atom. The Kier molecular flexibility index (Phi) is 8.40. The molecule has 37 heavy (non-hydrogen) atoms. The quantitative estimate of drug-likeness (QED) is 0.152. The molecule has 192 valence electrons. The number of carbonyl (C=O) groups is 1. The second-order valence-corrected chi connectivity index (χ2v) is 11.1. The summed E-state index contributed by atoms with van der Waals surface area (Å²) in [4.78, 5) is 18.1. The van der Waals surface area contributed by atoms with Crippen molar-refractivity contribution in [2.24, 2.45) is 0 Å². The highest BCUT2D eigenvalue weighted by Gasteiger charge is 2.32. The van der Waals surface area contributed by atoms with Crippen LogP contribution in [0.4, 0.5) is 4.39 Å². The minimum Gasteiger partial charge on any atom is -0.481 e. The van der Waals surface area contributed by atoms with Crippen molar-refractivity contribution in [1.29, 1.82) is 0 Å². The fourth-order valence-corrected chi connectivity index (χ4v) is 5.83. The van der Waals surface area contributed by atoms with Crippen LogP contribution in [0.15, 0.2) is 77.2 Å². The van der Waals surface area contributed by atoms with E-state index in [1.165, 1.54) is 0 Å². The monoisotopic (exact) mass is 536 g/mol. The van der Waals surface area contributed by atoms with Crippen LogP contribution in [0.1, 0.15) is 45.2 Å². The molecule has 0 amide bonds. The largest absolute Gasteiger partial charge is 0.481 e. The molecule has 0 saturated carbocycles. The third-order valence-electron chi connectivity index (χ3n) is 6.54. The van der Waals surface area contributed by atoms with Gasteiger partial charge in [0.15, 0.2) is 0 Å². The SMILES string of the molecule is C/C=C(\C)Sc1c2n(c3cc(F)cc(-c4ccc5ncccc5c4)c13)CCC2CC(=O)O.C=CC(C)Cl. The first-order valence-corrected chi connectivity index (χ1v) is 13.5. The highest BCUT2D eigenvalue weighted by atomic mass is 35.5. The lowest BCUT2D eigenvalue weighted by Gasteiger charge is -2.12. The molecule has 7 heteroatoms. The van der Waals surface area contributed by atoms with Gasteiger partial charge in [-0.05, 0) is 73.6 Å². The molecular weight excluding hydrogens is 507 g/mol. The highest BCUT2D eigenvalue weighted by molar-refractivity contribution is 8.03. The highest BCUT2D eigenvalue weighted by Crippen LogP contribution is 2.49. The summed E-state index contributed by atoms with van der Waals surface area (Å²) in [6.07, 6.45) is 6.33. The van der Waals surface area contributed by atoms with Crippen molar-refractivity contribution in [3.05, 3.63) is 83.8 Å². The molecule has 0 spiro atoms. The lowest BCUT2D eigenvalue weighted by Crippen LogP contribution is -2.04. The van der Waals surface area contributed by atoms with E-state index >= 15 is 0 Å². The predicted octanol–water partition coefficient (Wildman–Crippen LogP) is 8.77. The molecule has 2 aromatic heterocycles. The van der Waals surface area contributed by atoms with E-state index in [0.717, 1.165) is 54.8 Å². The number of aryl methyl sites for hydroxylation is 1. The molecule has 4 nitrogen and oxygen atoms in total. The minimum absolute atomic E-state index is 0.0798. The van der Waals surface area contributed by atoms with Crippen LogP contribution in [-0.4, -0.2) is 26.0 Å². The third-order valence-corrected chi connectivity index (χ3v) is 7.89. The molecule has 2 unspecified atom stereocenters. The van der Waals surface area contributed by atoms with E-state index in [9.17, 15) is 14.3 Å². The van der Waals surface area contributed by atoms with Crippen LogP contribution in [0.3, 0.4) is 0 Å². The maximum Gasteiger partial charge on any atom is 0.304 e. The zero-order valence-electron chi connectivity index (χ0n) is 21.2. The van der Waals surface area contributed by atoms with Gasteiger partial charge in [0.25, 0.3) is 0 Å². The molecule has 2 atom stereocenters. The molecule has 3 heterocycles. The number of carboxylic acid groups (broad SMARTS) is 1. The zero-order chi connectivity index (χ0) is 26.7. The summed E-state index contributed by atoms with van der Waals surface area (Å²) >= 11 is 6.99. The third kappa shape index (κ3) is 5.76. The summed E-state index contributed by atoms with van der Waals surface area (Å²) in [6.45, 7) is 10.0. The smallest absolute Gasteiger partial charge is 0.304 e. The van der Waals surface area contributed by atoms with Gasteiger partial charge in [-0.3, -0.25) is 9.78 Å². The molecule has 1 aliphatic rings. The zero-order valence-corrected chi connectivity index (χ0v) is 22.7. The number of carboxylic acids is 1. The lowest BCUT2D eigenvalue weighted by atomic mass is 9.96. The Labute approximate surface area is 225 Å². The molecule has 4 aromatic rings. The number of fused-ring (bicyclic) bond motifs is 4. The van der Waals surface area contributed by atoms with Crippen LogP contribution < -0.4 is 0 Å². The van der Waals surface area contributed by atoms with E-state index in [-0.39, 0.29) is 23.5 Å². The molecule has 1 aliphatic heterocycles. The van der Waals surface area contributed by atoms with E-state index in [1.807, 2.05) is 57.2 Å². The number of thioether (sulfide) groups is 1. The Morgan fingerprint density at radius 2 is 2.11 bits per heavy atom. The number of halogens is 2. The van der Waals surface area contributed by atoms with Gasteiger partial charge in [-0.15, -0.1) is 18.2 Å². The van der Waals surface area contributed by atoms with Crippen LogP contribution in [-0.2, 0) is 11.3 Å². The number of benzene rings is 2. The van der Waals surface area contributed by atoms with E-state index in [1.54, 1.807) is 36.2 Å². The summed E-state index contributed by atoms with van der Waals surface area (Å²) in [6, 6.07) is 13.1. The van der Waals surface area contributed by atoms with Crippen molar-refractivity contribution in [2.75, 3.05) is 0 Å². The maximum atomic E-state index is 14.9. The van der Waals surface area contributed by atoms with Crippen molar-refractivity contribution in [2.45, 2.75) is 56.3 Å². The molecule has 1 N–H and O–H groups in total. The summed E-state index contributed by atoms with van der Waals surface area (Å²) in [5, 5.41) is 11.6. The number of allylic oxidation sites excluding steroid dienone is 3. The Hall–Kier alpha value is -3.09. The van der Waals surface area contributed by atoms with Crippen molar-refractivity contribution in [1.82, 2.24) is 9.55 Å². The van der Waals surface area contributed by atoms with Gasteiger partial charge in [-0.25, -0.2) is 4.39 Å². The van der Waals surface area contributed by atoms with Gasteiger partial charge in [-0.1, -0.05) is 36.0 Å². The van der Waals surface area contributed by atoms with Crippen LogP contribution in [0, 0.1) is 5.82 Å². The van der Waals surface area contributed by atoms with E-state index in [4.69, 9.17) is 11.6 Å². The van der Waals surface area contributed by atoms with Crippen molar-refractivity contribution in [3.63, 3.8) is 0 Å². The van der Waals surface area contributed by atoms with Crippen LogP contribution >= 0.6 is 23.4 Å². The van der Waals surface area contributed by atoms with E-state index < -0.39 is 5.97 Å². The average molecular weight is 537 g/mol. The minimum atomic E-state index is -0.805. The number of rotatable bonds is 6. The Bertz CT molecular complexity index is 1510. The summed E-state index contributed by atoms with van der Waals surface area (Å²) in [7, 11) is 0. The van der Waals surface area contributed by atoms with Gasteiger partial charge in [0.2, 0.25) is 0 Å². The van der Waals surface area contributed by atoms with Crippen molar-refractivity contribution < 1.29 is 14.3 Å². The second-order valence-electron chi connectivity index (χ2n) is 9.12. The van der Waals surface area contributed by atoms with Crippen LogP contribution in [0.2, 0.25) is 0 Å². The lowest BCUT2D eigenvalue weighted by molar-refractivity contribution is -0.137. The van der Waals surface area contributed by atoms with Crippen LogP contribution in [0.5, 0.6) is 0 Å². The number of nitrogens with zero attached hydrogens (tertiary/aromatic N) is 2. The molecule has 0 bridgehead atoms. The number of aliphatic carboxylic acids is 1. The molecular formula is C30H30ClFN2O2S. The number of alkyl halides is 1. The van der Waals surface area contributed by atoms with Gasteiger partial charge in [-0.2, -0.15) is 0 Å². The first-order chi connectivity index (χ1) is 17.7. The standard InChI is InChI=1S/C26H23FN2O2S.C4H7Cl/c1-3-15(2)32-26-24-20(16-6-7-21-17(11-16)5-4-9-28-21)13-19(27)14-22(24)29-10-8-18(25(26)29)12-23(30)31;1-3-4(2)5/h3-7,9,11,13-14,18H,8,10,12H2,1-2H3,(H,30,31);3-4H,1H2,2H3/b15-3+;. The molecule has 0 radical (unpaired) electrons. The number of hydrogen-bond donors (Lipinski definition) is 1. The Morgan fingerprint density at radius 3 is 2.78 bits per heavy atom. The summed E-state index contributed by atoms with van der Waals surface area (Å²) in [5.74, 6) is -1.18. The van der Waals surface area contributed by atoms with Crippen molar-refractivity contribution >= 4 is 51.1 Å². The summed E-state index contributed by atoms with van der Waals surface area (Å²) in [5.41, 5.74) is 4.50. The predicted molar refractivity (Wildman–Crippen MR) is 153 cm³/mol. The molecule has 2 aromatic carbocycles. The first kappa shape index (κ1) is 27.0. The number of pyridine rings is 1. The average Bonchev–Trinajstić information content (AvgIpc) is 3.42.